The maximum absolute atomic E-state index is 12.8. The summed E-state index contributed by atoms with van der Waals surface area (Å²) in [6.07, 6.45) is 0. The molecule has 7 nitrogen and oxygen atoms in total. The van der Waals surface area contributed by atoms with E-state index in [9.17, 15) is 14.4 Å². The number of aromatic nitrogens is 2. The largest absolute Gasteiger partial charge is 0.465 e. The van der Waals surface area contributed by atoms with Crippen LogP contribution in [-0.2, 0) is 21.5 Å². The lowest BCUT2D eigenvalue weighted by Gasteiger charge is -2.26. The third-order valence-electron chi connectivity index (χ3n) is 4.52. The number of nitrogens with one attached hydrogen (secondary N) is 1. The summed E-state index contributed by atoms with van der Waals surface area (Å²) in [5.41, 5.74) is 1.04. The number of benzene rings is 1. The molecule has 28 heavy (non-hydrogen) atoms. The minimum Gasteiger partial charge on any atom is -0.465 e. The number of carbonyl (C=O) groups excluding carboxylic acids is 2. The average molecular weight is 401 g/mol. The molecule has 0 aliphatic carbocycles. The fourth-order valence-corrected chi connectivity index (χ4v) is 3.96. The molecule has 0 bridgehead atoms. The number of ether oxygens (including phenoxy) is 1. The monoisotopic (exact) mass is 401 g/mol. The fraction of sp³-hybridized carbons (Fsp3) is 0.400. The summed E-state index contributed by atoms with van der Waals surface area (Å²) < 4.78 is 6.30. The Bertz CT molecular complexity index is 978. The molecular formula is C20H23N3O4S. The molecule has 148 valence electrons. The molecule has 8 heteroatoms. The Labute approximate surface area is 167 Å². The van der Waals surface area contributed by atoms with E-state index in [-0.39, 0.29) is 29.0 Å². The first-order valence-electron chi connectivity index (χ1n) is 8.94. The average Bonchev–Trinajstić information content (AvgIpc) is 2.66. The number of methoxy groups -OCH3 is 1. The maximum atomic E-state index is 12.8. The summed E-state index contributed by atoms with van der Waals surface area (Å²) in [6.45, 7) is 6.28. The summed E-state index contributed by atoms with van der Waals surface area (Å²) >= 11 is 1.39. The second kappa shape index (κ2) is 7.79. The zero-order valence-electron chi connectivity index (χ0n) is 16.3. The van der Waals surface area contributed by atoms with Gasteiger partial charge < -0.3 is 10.1 Å². The number of anilines is 1. The highest BCUT2D eigenvalue weighted by molar-refractivity contribution is 7.99. The first kappa shape index (κ1) is 20.1. The van der Waals surface area contributed by atoms with Gasteiger partial charge in [0.15, 0.2) is 5.16 Å². The van der Waals surface area contributed by atoms with Crippen LogP contribution in [0.3, 0.4) is 0 Å². The van der Waals surface area contributed by atoms with E-state index in [1.807, 2.05) is 20.8 Å². The van der Waals surface area contributed by atoms with Gasteiger partial charge in [-0.2, -0.15) is 0 Å². The van der Waals surface area contributed by atoms with Crippen molar-refractivity contribution in [2.24, 2.45) is 5.92 Å². The van der Waals surface area contributed by atoms with E-state index in [0.717, 1.165) is 5.69 Å². The predicted octanol–water partition coefficient (Wildman–Crippen LogP) is 2.69. The molecule has 1 N–H and O–H groups in total. The zero-order valence-corrected chi connectivity index (χ0v) is 17.1. The van der Waals surface area contributed by atoms with Crippen molar-refractivity contribution in [3.05, 3.63) is 51.9 Å². The third kappa shape index (κ3) is 4.11. The molecule has 1 aromatic heterocycles. The van der Waals surface area contributed by atoms with Gasteiger partial charge in [0.25, 0.3) is 5.56 Å². The number of thioether (sulfide) groups is 1. The van der Waals surface area contributed by atoms with E-state index in [2.05, 4.69) is 10.3 Å². The number of nitrogens with zero attached hydrogens (tertiary/aromatic N) is 2. The van der Waals surface area contributed by atoms with Crippen molar-refractivity contribution in [3.8, 4) is 0 Å². The minimum absolute atomic E-state index is 0.158. The first-order chi connectivity index (χ1) is 13.2. The van der Waals surface area contributed by atoms with Gasteiger partial charge in [-0.25, -0.2) is 9.78 Å². The third-order valence-corrected chi connectivity index (χ3v) is 5.66. The molecule has 0 fully saturated rings. The molecule has 1 atom stereocenters. The molecule has 3 rings (SSSR count). The van der Waals surface area contributed by atoms with Gasteiger partial charge >= 0.3 is 5.97 Å². The van der Waals surface area contributed by atoms with Crippen molar-refractivity contribution in [3.63, 3.8) is 0 Å². The summed E-state index contributed by atoms with van der Waals surface area (Å²) in [7, 11) is 1.29. The number of hydrogen-bond donors (Lipinski definition) is 1. The number of fused-ring (bicyclic) bond motifs is 1. The molecule has 0 saturated carbocycles. The summed E-state index contributed by atoms with van der Waals surface area (Å²) in [5, 5.41) is 3.43. The van der Waals surface area contributed by atoms with Crippen LogP contribution < -0.4 is 10.9 Å². The summed E-state index contributed by atoms with van der Waals surface area (Å²) in [5.74, 6) is -0.675. The van der Waals surface area contributed by atoms with Crippen molar-refractivity contribution < 1.29 is 14.3 Å². The molecule has 1 aliphatic heterocycles. The van der Waals surface area contributed by atoms with Crippen LogP contribution in [0.1, 0.15) is 36.8 Å². The molecule has 1 aliphatic rings. The molecule has 1 amide bonds. The highest BCUT2D eigenvalue weighted by atomic mass is 32.2. The van der Waals surface area contributed by atoms with E-state index in [1.54, 1.807) is 28.8 Å². The van der Waals surface area contributed by atoms with E-state index >= 15 is 0 Å². The number of esters is 1. The summed E-state index contributed by atoms with van der Waals surface area (Å²) in [6, 6.07) is 8.21. The standard InChI is InChI=1S/C20H23N3O4S/c1-20(2,3)15-9-16(24)23-10-12(11-28-19(23)22-15)17(25)21-14-8-6-5-7-13(14)18(26)27-4/h5-9,12H,10-11H2,1-4H3,(H,21,25). The van der Waals surface area contributed by atoms with Gasteiger partial charge in [0, 0.05) is 23.8 Å². The van der Waals surface area contributed by atoms with Crippen LogP contribution in [0.4, 0.5) is 5.69 Å². The van der Waals surface area contributed by atoms with Gasteiger partial charge in [-0.1, -0.05) is 44.7 Å². The number of amides is 1. The lowest BCUT2D eigenvalue weighted by Crippen LogP contribution is -2.38. The number of para-hydroxylation sites is 1. The van der Waals surface area contributed by atoms with Gasteiger partial charge in [0.2, 0.25) is 5.91 Å². The molecule has 1 aromatic carbocycles. The van der Waals surface area contributed by atoms with Crippen LogP contribution in [0, 0.1) is 5.92 Å². The van der Waals surface area contributed by atoms with Crippen LogP contribution >= 0.6 is 11.8 Å². The second-order valence-corrected chi connectivity index (χ2v) is 8.64. The molecular weight excluding hydrogens is 378 g/mol. The molecule has 1 unspecified atom stereocenters. The topological polar surface area (TPSA) is 90.3 Å². The Morgan fingerprint density at radius 1 is 1.29 bits per heavy atom. The molecule has 0 spiro atoms. The Balaban J connectivity index is 1.81. The second-order valence-electron chi connectivity index (χ2n) is 7.66. The quantitative estimate of drug-likeness (QED) is 0.628. The normalized spacial score (nSPS) is 16.2. The van der Waals surface area contributed by atoms with Crippen molar-refractivity contribution >= 4 is 29.3 Å². The van der Waals surface area contributed by atoms with Crippen LogP contribution in [0.5, 0.6) is 0 Å². The SMILES string of the molecule is COC(=O)c1ccccc1NC(=O)C1CSc2nc(C(C)(C)C)cc(=O)n2C1. The van der Waals surface area contributed by atoms with Crippen molar-refractivity contribution in [1.82, 2.24) is 9.55 Å². The lowest BCUT2D eigenvalue weighted by atomic mass is 9.92. The Kier molecular flexibility index (Phi) is 5.60. The van der Waals surface area contributed by atoms with Gasteiger partial charge in [-0.3, -0.25) is 14.2 Å². The lowest BCUT2D eigenvalue weighted by molar-refractivity contribution is -0.119. The smallest absolute Gasteiger partial charge is 0.339 e. The van der Waals surface area contributed by atoms with Gasteiger partial charge in [0.1, 0.15) is 0 Å². The highest BCUT2D eigenvalue weighted by Crippen LogP contribution is 2.29. The van der Waals surface area contributed by atoms with Gasteiger partial charge in [-0.05, 0) is 12.1 Å². The van der Waals surface area contributed by atoms with E-state index in [1.165, 1.54) is 24.9 Å². The maximum Gasteiger partial charge on any atom is 0.339 e. The Morgan fingerprint density at radius 2 is 2.00 bits per heavy atom. The Hall–Kier alpha value is -2.61. The van der Waals surface area contributed by atoms with Crippen LogP contribution in [0.2, 0.25) is 0 Å². The number of rotatable bonds is 3. The van der Waals surface area contributed by atoms with E-state index in [4.69, 9.17) is 4.74 Å². The molecule has 2 heterocycles. The first-order valence-corrected chi connectivity index (χ1v) is 9.92. The highest BCUT2D eigenvalue weighted by Gasteiger charge is 2.29. The van der Waals surface area contributed by atoms with E-state index < -0.39 is 11.9 Å². The Morgan fingerprint density at radius 3 is 2.68 bits per heavy atom. The molecule has 2 aromatic rings. The molecule has 0 radical (unpaired) electrons. The number of carbonyl (C=O) groups is 2. The van der Waals surface area contributed by atoms with Gasteiger partial charge in [0.05, 0.1) is 30.0 Å². The van der Waals surface area contributed by atoms with Crippen molar-refractivity contribution in [2.45, 2.75) is 37.9 Å². The van der Waals surface area contributed by atoms with Crippen LogP contribution in [0.15, 0.2) is 40.3 Å². The van der Waals surface area contributed by atoms with Gasteiger partial charge in [-0.15, -0.1) is 0 Å². The summed E-state index contributed by atoms with van der Waals surface area (Å²) in [4.78, 5) is 41.8. The van der Waals surface area contributed by atoms with Crippen molar-refractivity contribution in [1.29, 1.82) is 0 Å². The fourth-order valence-electron chi connectivity index (χ4n) is 2.87. The van der Waals surface area contributed by atoms with Crippen molar-refractivity contribution in [2.75, 3.05) is 18.2 Å². The minimum atomic E-state index is -0.519. The predicted molar refractivity (Wildman–Crippen MR) is 108 cm³/mol. The van der Waals surface area contributed by atoms with E-state index in [0.29, 0.717) is 16.6 Å². The van der Waals surface area contributed by atoms with Crippen LogP contribution in [0.25, 0.3) is 0 Å². The van der Waals surface area contributed by atoms with Crippen LogP contribution in [-0.4, -0.2) is 34.3 Å². The molecule has 0 saturated heterocycles. The zero-order chi connectivity index (χ0) is 20.5. The number of hydrogen-bond acceptors (Lipinski definition) is 6.